The molecule has 2 aliphatic heterocycles. The summed E-state index contributed by atoms with van der Waals surface area (Å²) in [6, 6.07) is -1.06. The number of aromatic nitrogens is 2. The molecule has 1 aromatic heterocycles. The number of urea groups is 1. The number of amidine groups is 1. The standard InChI is InChI=1S/C19H28N5O3/c1-10(2)23-11(3)12(4)24-14-15(20-17(23)24)21(8)18(27)22(16(14)26)9-13(25)19(5,6)7/h10,14H,9H2,1-8H3/q+1. The van der Waals surface area contributed by atoms with Gasteiger partial charge in [0.1, 0.15) is 11.4 Å². The van der Waals surface area contributed by atoms with Crippen LogP contribution in [-0.2, 0) is 9.59 Å². The Bertz CT molecular complexity index is 888. The SMILES string of the molecule is Cc1c(C)[n+]2c(n1C(C)C)N=C1C2C(=O)N(CC(=O)C(C)(C)C)C(=O)N1C. The van der Waals surface area contributed by atoms with Crippen molar-refractivity contribution in [3.63, 3.8) is 0 Å². The number of likely N-dealkylation sites (N-methyl/N-ethyl adjacent to an activating group) is 1. The predicted octanol–water partition coefficient (Wildman–Crippen LogP) is 2.07. The highest BCUT2D eigenvalue weighted by Gasteiger charge is 2.54. The van der Waals surface area contributed by atoms with E-state index in [1.807, 2.05) is 18.4 Å². The van der Waals surface area contributed by atoms with E-state index >= 15 is 0 Å². The van der Waals surface area contributed by atoms with Crippen molar-refractivity contribution in [3.8, 4) is 0 Å². The molecule has 27 heavy (non-hydrogen) atoms. The van der Waals surface area contributed by atoms with E-state index in [0.717, 1.165) is 16.3 Å². The fourth-order valence-corrected chi connectivity index (χ4v) is 3.61. The van der Waals surface area contributed by atoms with Crippen LogP contribution in [0.15, 0.2) is 4.99 Å². The van der Waals surface area contributed by atoms with E-state index in [1.165, 1.54) is 4.90 Å². The predicted molar refractivity (Wildman–Crippen MR) is 100.0 cm³/mol. The first-order chi connectivity index (χ1) is 12.4. The Morgan fingerprint density at radius 3 is 2.33 bits per heavy atom. The van der Waals surface area contributed by atoms with E-state index in [9.17, 15) is 14.4 Å². The van der Waals surface area contributed by atoms with Crippen molar-refractivity contribution in [1.29, 1.82) is 0 Å². The number of ketones is 1. The average molecular weight is 374 g/mol. The third-order valence-corrected chi connectivity index (χ3v) is 5.41. The van der Waals surface area contributed by atoms with E-state index in [4.69, 9.17) is 0 Å². The number of nitrogens with zero attached hydrogens (tertiary/aromatic N) is 5. The van der Waals surface area contributed by atoms with Crippen LogP contribution < -0.4 is 4.57 Å². The van der Waals surface area contributed by atoms with E-state index in [0.29, 0.717) is 11.8 Å². The van der Waals surface area contributed by atoms with Crippen LogP contribution in [0.5, 0.6) is 0 Å². The van der Waals surface area contributed by atoms with Crippen LogP contribution in [0.2, 0.25) is 0 Å². The quantitative estimate of drug-likeness (QED) is 0.760. The van der Waals surface area contributed by atoms with E-state index < -0.39 is 23.4 Å². The molecule has 0 saturated carbocycles. The van der Waals surface area contributed by atoms with Crippen LogP contribution in [0.1, 0.15) is 58.1 Å². The summed E-state index contributed by atoms with van der Waals surface area (Å²) in [6.07, 6.45) is 0. The van der Waals surface area contributed by atoms with Gasteiger partial charge in [0, 0.05) is 12.5 Å². The van der Waals surface area contributed by atoms with Crippen molar-refractivity contribution in [1.82, 2.24) is 14.4 Å². The number of carbonyl (C=O) groups is 3. The van der Waals surface area contributed by atoms with Crippen molar-refractivity contribution in [3.05, 3.63) is 11.4 Å². The van der Waals surface area contributed by atoms with Gasteiger partial charge in [-0.2, -0.15) is 0 Å². The summed E-state index contributed by atoms with van der Waals surface area (Å²) < 4.78 is 3.95. The molecule has 8 heteroatoms. The summed E-state index contributed by atoms with van der Waals surface area (Å²) in [7, 11) is 1.60. The second-order valence-electron chi connectivity index (χ2n) is 8.62. The second kappa shape index (κ2) is 6.00. The summed E-state index contributed by atoms with van der Waals surface area (Å²) in [5.41, 5.74) is 1.34. The summed E-state index contributed by atoms with van der Waals surface area (Å²) in [6.45, 7) is 13.2. The molecule has 146 valence electrons. The molecule has 0 bridgehead atoms. The zero-order chi connectivity index (χ0) is 20.4. The number of rotatable bonds is 3. The summed E-state index contributed by atoms with van der Waals surface area (Å²) in [5, 5.41) is 0. The molecule has 1 aromatic rings. The maximum absolute atomic E-state index is 13.2. The Balaban J connectivity index is 2.08. The van der Waals surface area contributed by atoms with E-state index in [1.54, 1.807) is 27.8 Å². The Labute approximate surface area is 159 Å². The number of imidazole rings is 1. The Morgan fingerprint density at radius 1 is 1.22 bits per heavy atom. The largest absolute Gasteiger partial charge is 0.402 e. The van der Waals surface area contributed by atoms with Gasteiger partial charge in [-0.3, -0.25) is 19.4 Å². The van der Waals surface area contributed by atoms with Gasteiger partial charge in [-0.15, -0.1) is 0 Å². The molecule has 0 radical (unpaired) electrons. The van der Waals surface area contributed by atoms with Gasteiger partial charge >= 0.3 is 12.0 Å². The number of Topliss-reactive ketones (excluding diaryl/α,β-unsaturated/α-hetero) is 1. The molecule has 0 aliphatic carbocycles. The van der Waals surface area contributed by atoms with Crippen LogP contribution in [0.25, 0.3) is 0 Å². The van der Waals surface area contributed by atoms with Crippen LogP contribution in [0.4, 0.5) is 10.7 Å². The maximum Gasteiger partial charge on any atom is 0.402 e. The van der Waals surface area contributed by atoms with Gasteiger partial charge in [0.05, 0.1) is 12.6 Å². The van der Waals surface area contributed by atoms with Crippen LogP contribution in [0, 0.1) is 19.3 Å². The molecule has 1 atom stereocenters. The normalized spacial score (nSPS) is 19.6. The molecule has 0 aromatic carbocycles. The number of amides is 3. The lowest BCUT2D eigenvalue weighted by Gasteiger charge is -2.34. The van der Waals surface area contributed by atoms with Gasteiger partial charge in [-0.05, 0) is 27.7 Å². The lowest BCUT2D eigenvalue weighted by atomic mass is 9.90. The van der Waals surface area contributed by atoms with Crippen molar-refractivity contribution >= 4 is 29.5 Å². The summed E-state index contributed by atoms with van der Waals surface area (Å²) in [4.78, 5) is 45.6. The number of carbonyl (C=O) groups excluding carboxylic acids is 3. The first kappa shape index (κ1) is 19.3. The van der Waals surface area contributed by atoms with Crippen molar-refractivity contribution in [2.45, 2.75) is 60.5 Å². The number of hydrogen-bond acceptors (Lipinski definition) is 4. The minimum absolute atomic E-state index is 0.158. The van der Waals surface area contributed by atoms with Crippen molar-refractivity contribution < 1.29 is 19.0 Å². The highest BCUT2D eigenvalue weighted by Crippen LogP contribution is 2.33. The zero-order valence-corrected chi connectivity index (χ0v) is 17.3. The molecule has 0 N–H and O–H groups in total. The van der Waals surface area contributed by atoms with Gasteiger partial charge in [-0.25, -0.2) is 13.9 Å². The van der Waals surface area contributed by atoms with Crippen LogP contribution in [-0.4, -0.2) is 51.5 Å². The van der Waals surface area contributed by atoms with Crippen LogP contribution >= 0.6 is 0 Å². The number of aliphatic imine (C=N–C) groups is 1. The Kier molecular flexibility index (Phi) is 4.28. The molecular formula is C19H28N5O3+. The molecule has 3 heterocycles. The smallest absolute Gasteiger partial charge is 0.297 e. The number of imide groups is 1. The molecule has 1 saturated heterocycles. The third kappa shape index (κ3) is 2.69. The first-order valence-corrected chi connectivity index (χ1v) is 9.21. The maximum atomic E-state index is 13.2. The molecule has 0 spiro atoms. The van der Waals surface area contributed by atoms with Gasteiger partial charge in [0.2, 0.25) is 11.9 Å². The van der Waals surface area contributed by atoms with Crippen molar-refractivity contribution in [2.24, 2.45) is 10.4 Å². The highest BCUT2D eigenvalue weighted by atomic mass is 16.2. The minimum atomic E-state index is -0.714. The van der Waals surface area contributed by atoms with E-state index in [2.05, 4.69) is 23.4 Å². The minimum Gasteiger partial charge on any atom is -0.297 e. The fraction of sp³-hybridized carbons (Fsp3) is 0.632. The molecule has 1 fully saturated rings. The second-order valence-corrected chi connectivity index (χ2v) is 8.62. The number of fused-ring (bicyclic) bond motifs is 3. The third-order valence-electron chi connectivity index (χ3n) is 5.41. The Hall–Kier alpha value is -2.51. The number of hydrogen-bond donors (Lipinski definition) is 0. The van der Waals surface area contributed by atoms with Gasteiger partial charge < -0.3 is 0 Å². The summed E-state index contributed by atoms with van der Waals surface area (Å²) >= 11 is 0. The van der Waals surface area contributed by atoms with Crippen LogP contribution in [0.3, 0.4) is 0 Å². The van der Waals surface area contributed by atoms with E-state index in [-0.39, 0.29) is 18.4 Å². The summed E-state index contributed by atoms with van der Waals surface area (Å²) in [5.74, 6) is 0.519. The van der Waals surface area contributed by atoms with Crippen molar-refractivity contribution in [2.75, 3.05) is 13.6 Å². The van der Waals surface area contributed by atoms with Gasteiger partial charge in [-0.1, -0.05) is 25.8 Å². The molecule has 3 amide bonds. The topological polar surface area (TPSA) is 78.9 Å². The first-order valence-electron chi connectivity index (χ1n) is 9.21. The molecule has 3 rings (SSSR count). The highest BCUT2D eigenvalue weighted by molar-refractivity contribution is 6.20. The zero-order valence-electron chi connectivity index (χ0n) is 17.3. The van der Waals surface area contributed by atoms with Gasteiger partial charge in [0.15, 0.2) is 5.78 Å². The molecule has 1 unspecified atom stereocenters. The fourth-order valence-electron chi connectivity index (χ4n) is 3.61. The molecular weight excluding hydrogens is 346 g/mol. The molecule has 2 aliphatic rings. The molecule has 8 nitrogen and oxygen atoms in total. The van der Waals surface area contributed by atoms with Gasteiger partial charge in [0.25, 0.3) is 5.91 Å². The lowest BCUT2D eigenvalue weighted by Crippen LogP contribution is -2.64. The monoisotopic (exact) mass is 374 g/mol. The lowest BCUT2D eigenvalue weighted by molar-refractivity contribution is -0.682. The average Bonchev–Trinajstić information content (AvgIpc) is 3.04. The Morgan fingerprint density at radius 2 is 1.81 bits per heavy atom.